The monoisotopic (exact) mass is 223 g/mol. The van der Waals surface area contributed by atoms with Gasteiger partial charge in [0.05, 0.1) is 6.04 Å². The van der Waals surface area contributed by atoms with Crippen LogP contribution in [0.3, 0.4) is 0 Å². The van der Waals surface area contributed by atoms with Gasteiger partial charge in [-0.25, -0.2) is 0 Å². The molecule has 1 unspecified atom stereocenters. The first-order valence-corrected chi connectivity index (χ1v) is 6.33. The first kappa shape index (κ1) is 11.6. The second-order valence-electron chi connectivity index (χ2n) is 4.88. The van der Waals surface area contributed by atoms with E-state index in [1.165, 1.54) is 38.5 Å². The lowest BCUT2D eigenvalue weighted by Gasteiger charge is -2.10. The van der Waals surface area contributed by atoms with E-state index in [4.69, 9.17) is 10.2 Å². The van der Waals surface area contributed by atoms with Crippen molar-refractivity contribution in [2.75, 3.05) is 0 Å². The summed E-state index contributed by atoms with van der Waals surface area (Å²) in [6.07, 6.45) is 8.99. The maximum atomic E-state index is 5.69. The molecule has 2 rings (SSSR count). The van der Waals surface area contributed by atoms with Crippen molar-refractivity contribution in [2.24, 2.45) is 11.7 Å². The van der Waals surface area contributed by atoms with E-state index in [0.717, 1.165) is 18.2 Å². The fraction of sp³-hybridized carbons (Fsp3) is 0.833. The van der Waals surface area contributed by atoms with Gasteiger partial charge in [0.1, 0.15) is 0 Å². The molecular formula is C12H21N3O. The van der Waals surface area contributed by atoms with E-state index < -0.39 is 0 Å². The highest BCUT2D eigenvalue weighted by Gasteiger charge is 2.17. The minimum atomic E-state index is -0.157. The molecule has 1 aliphatic rings. The van der Waals surface area contributed by atoms with Crippen LogP contribution < -0.4 is 5.73 Å². The largest absolute Gasteiger partial charge is 0.424 e. The molecule has 0 aliphatic heterocycles. The van der Waals surface area contributed by atoms with Crippen LogP contribution >= 0.6 is 0 Å². The number of nitrogens with zero attached hydrogens (tertiary/aromatic N) is 2. The highest BCUT2D eigenvalue weighted by atomic mass is 16.4. The second kappa shape index (κ2) is 5.43. The Balaban J connectivity index is 1.91. The van der Waals surface area contributed by atoms with Gasteiger partial charge in [0.25, 0.3) is 0 Å². The molecule has 0 amide bonds. The normalized spacial score (nSPS) is 20.6. The predicted molar refractivity (Wildman–Crippen MR) is 61.8 cm³/mol. The van der Waals surface area contributed by atoms with Gasteiger partial charge in [-0.3, -0.25) is 0 Å². The van der Waals surface area contributed by atoms with Crippen LogP contribution in [0.25, 0.3) is 0 Å². The maximum Gasteiger partial charge on any atom is 0.232 e. The fourth-order valence-corrected chi connectivity index (χ4v) is 2.35. The van der Waals surface area contributed by atoms with Crippen molar-refractivity contribution in [3.05, 3.63) is 11.8 Å². The molecule has 0 saturated heterocycles. The molecule has 4 heteroatoms. The van der Waals surface area contributed by atoms with Gasteiger partial charge in [0, 0.05) is 6.42 Å². The lowest BCUT2D eigenvalue weighted by atomic mass is 9.97. The van der Waals surface area contributed by atoms with Crippen molar-refractivity contribution < 1.29 is 4.42 Å². The van der Waals surface area contributed by atoms with E-state index in [9.17, 15) is 0 Å². The molecule has 1 aromatic rings. The Morgan fingerprint density at radius 1 is 1.25 bits per heavy atom. The quantitative estimate of drug-likeness (QED) is 0.800. The molecule has 1 saturated carbocycles. The van der Waals surface area contributed by atoms with Gasteiger partial charge >= 0.3 is 0 Å². The topological polar surface area (TPSA) is 64.9 Å². The number of hydrogen-bond donors (Lipinski definition) is 1. The summed E-state index contributed by atoms with van der Waals surface area (Å²) in [4.78, 5) is 0. The van der Waals surface area contributed by atoms with Gasteiger partial charge in [-0.15, -0.1) is 10.2 Å². The van der Waals surface area contributed by atoms with Crippen molar-refractivity contribution in [1.82, 2.24) is 10.2 Å². The third kappa shape index (κ3) is 3.04. The number of hydrogen-bond acceptors (Lipinski definition) is 4. The molecule has 90 valence electrons. The van der Waals surface area contributed by atoms with Crippen molar-refractivity contribution in [3.63, 3.8) is 0 Å². The van der Waals surface area contributed by atoms with Crippen LogP contribution in [0.4, 0.5) is 0 Å². The van der Waals surface area contributed by atoms with Gasteiger partial charge in [-0.05, 0) is 25.7 Å². The number of rotatable bonds is 3. The summed E-state index contributed by atoms with van der Waals surface area (Å²) in [7, 11) is 0. The standard InChI is InChI=1S/C12H21N3O/c1-9(13)12-15-14-11(16-12)8-10-6-4-2-3-5-7-10/h9-10H,2-8,13H2,1H3. The zero-order valence-corrected chi connectivity index (χ0v) is 9.98. The smallest absolute Gasteiger partial charge is 0.232 e. The molecule has 2 N–H and O–H groups in total. The van der Waals surface area contributed by atoms with Crippen LogP contribution in [-0.2, 0) is 6.42 Å². The van der Waals surface area contributed by atoms with Crippen molar-refractivity contribution in [3.8, 4) is 0 Å². The molecule has 0 bridgehead atoms. The van der Waals surface area contributed by atoms with Crippen LogP contribution in [-0.4, -0.2) is 10.2 Å². The van der Waals surface area contributed by atoms with E-state index in [0.29, 0.717) is 5.89 Å². The summed E-state index contributed by atoms with van der Waals surface area (Å²) in [6.45, 7) is 1.86. The minimum absolute atomic E-state index is 0.157. The predicted octanol–water partition coefficient (Wildman–Crippen LogP) is 2.60. The van der Waals surface area contributed by atoms with Crippen LogP contribution in [0.5, 0.6) is 0 Å². The Morgan fingerprint density at radius 2 is 1.94 bits per heavy atom. The SMILES string of the molecule is CC(N)c1nnc(CC2CCCCCC2)o1. The first-order valence-electron chi connectivity index (χ1n) is 6.33. The maximum absolute atomic E-state index is 5.69. The summed E-state index contributed by atoms with van der Waals surface area (Å²) in [5.74, 6) is 2.05. The zero-order chi connectivity index (χ0) is 11.4. The van der Waals surface area contributed by atoms with Crippen LogP contribution in [0, 0.1) is 5.92 Å². The van der Waals surface area contributed by atoms with Crippen LogP contribution in [0.1, 0.15) is 63.3 Å². The summed E-state index contributed by atoms with van der Waals surface area (Å²) >= 11 is 0. The molecule has 1 fully saturated rings. The average molecular weight is 223 g/mol. The average Bonchev–Trinajstić information content (AvgIpc) is 2.56. The van der Waals surface area contributed by atoms with Gasteiger partial charge in [0.15, 0.2) is 0 Å². The molecule has 4 nitrogen and oxygen atoms in total. The lowest BCUT2D eigenvalue weighted by molar-refractivity contribution is 0.371. The van der Waals surface area contributed by atoms with Gasteiger partial charge < -0.3 is 10.2 Å². The highest BCUT2D eigenvalue weighted by molar-refractivity contribution is 4.88. The van der Waals surface area contributed by atoms with Crippen molar-refractivity contribution in [2.45, 2.75) is 57.9 Å². The summed E-state index contributed by atoms with van der Waals surface area (Å²) in [6, 6.07) is -0.157. The zero-order valence-electron chi connectivity index (χ0n) is 9.98. The molecule has 16 heavy (non-hydrogen) atoms. The van der Waals surface area contributed by atoms with Crippen LogP contribution in [0.2, 0.25) is 0 Å². The highest BCUT2D eigenvalue weighted by Crippen LogP contribution is 2.25. The molecule has 1 aliphatic carbocycles. The Hall–Kier alpha value is -0.900. The van der Waals surface area contributed by atoms with Gasteiger partial charge in [0.2, 0.25) is 11.8 Å². The third-order valence-electron chi connectivity index (χ3n) is 3.31. The van der Waals surface area contributed by atoms with E-state index in [1.54, 1.807) is 0 Å². The van der Waals surface area contributed by atoms with Gasteiger partial charge in [-0.1, -0.05) is 25.7 Å². The second-order valence-corrected chi connectivity index (χ2v) is 4.88. The minimum Gasteiger partial charge on any atom is -0.424 e. The van der Waals surface area contributed by atoms with E-state index >= 15 is 0 Å². The Morgan fingerprint density at radius 3 is 2.50 bits per heavy atom. The Labute approximate surface area is 96.6 Å². The molecule has 1 atom stereocenters. The van der Waals surface area contributed by atoms with E-state index in [-0.39, 0.29) is 6.04 Å². The van der Waals surface area contributed by atoms with E-state index in [2.05, 4.69) is 10.2 Å². The van der Waals surface area contributed by atoms with Crippen molar-refractivity contribution >= 4 is 0 Å². The van der Waals surface area contributed by atoms with Gasteiger partial charge in [-0.2, -0.15) is 0 Å². The number of aromatic nitrogens is 2. The Kier molecular flexibility index (Phi) is 3.93. The fourth-order valence-electron chi connectivity index (χ4n) is 2.35. The Bertz CT molecular complexity index is 314. The summed E-state index contributed by atoms with van der Waals surface area (Å²) < 4.78 is 5.54. The van der Waals surface area contributed by atoms with Crippen LogP contribution in [0.15, 0.2) is 4.42 Å². The summed E-state index contributed by atoms with van der Waals surface area (Å²) in [5, 5.41) is 8.03. The molecule has 0 radical (unpaired) electrons. The number of nitrogens with two attached hydrogens (primary N) is 1. The van der Waals surface area contributed by atoms with E-state index in [1.807, 2.05) is 6.92 Å². The molecule has 1 aromatic heterocycles. The molecule has 1 heterocycles. The van der Waals surface area contributed by atoms with Crippen molar-refractivity contribution in [1.29, 1.82) is 0 Å². The third-order valence-corrected chi connectivity index (χ3v) is 3.31. The molecule has 0 spiro atoms. The molecular weight excluding hydrogens is 202 g/mol. The lowest BCUT2D eigenvalue weighted by Crippen LogP contribution is -2.05. The first-order chi connectivity index (χ1) is 7.75. The summed E-state index contributed by atoms with van der Waals surface area (Å²) in [5.41, 5.74) is 5.69. The molecule has 0 aromatic carbocycles.